The highest BCUT2D eigenvalue weighted by atomic mass is 32.2. The van der Waals surface area contributed by atoms with Crippen molar-refractivity contribution < 1.29 is 8.42 Å². The molecule has 1 unspecified atom stereocenters. The summed E-state index contributed by atoms with van der Waals surface area (Å²) in [5.41, 5.74) is 0. The summed E-state index contributed by atoms with van der Waals surface area (Å²) in [6, 6.07) is 0. The average molecular weight is 262 g/mol. The highest BCUT2D eigenvalue weighted by Crippen LogP contribution is 2.28. The summed E-state index contributed by atoms with van der Waals surface area (Å²) < 4.78 is 26.4. The number of rotatable bonds is 9. The normalized spacial score (nSPS) is 18.9. The Labute approximate surface area is 106 Å². The molecule has 1 aliphatic rings. The van der Waals surface area contributed by atoms with Crippen LogP contribution < -0.4 is 10.0 Å². The van der Waals surface area contributed by atoms with Crippen LogP contribution in [0.4, 0.5) is 0 Å². The van der Waals surface area contributed by atoms with Crippen LogP contribution in [0.25, 0.3) is 0 Å². The van der Waals surface area contributed by atoms with E-state index in [0.29, 0.717) is 13.1 Å². The summed E-state index contributed by atoms with van der Waals surface area (Å²) >= 11 is 0. The molecule has 1 rings (SSSR count). The molecular formula is C12H26N2O2S. The van der Waals surface area contributed by atoms with Gasteiger partial charge in [-0.3, -0.25) is 0 Å². The van der Waals surface area contributed by atoms with Gasteiger partial charge in [0.2, 0.25) is 10.0 Å². The minimum absolute atomic E-state index is 0.351. The lowest BCUT2D eigenvalue weighted by molar-refractivity contribution is 0.297. The monoisotopic (exact) mass is 262 g/mol. The smallest absolute Gasteiger partial charge is 0.215 e. The lowest BCUT2D eigenvalue weighted by Crippen LogP contribution is -2.40. The zero-order valence-electron chi connectivity index (χ0n) is 11.0. The molecule has 17 heavy (non-hydrogen) atoms. The van der Waals surface area contributed by atoms with E-state index < -0.39 is 10.0 Å². The number of sulfonamides is 1. The highest BCUT2D eigenvalue weighted by molar-refractivity contribution is 7.90. The van der Waals surface area contributed by atoms with Crippen LogP contribution >= 0.6 is 0 Å². The molecule has 0 bridgehead atoms. The lowest BCUT2D eigenvalue weighted by atomic mass is 9.83. The molecule has 0 aromatic carbocycles. The second-order valence-corrected chi connectivity index (χ2v) is 7.22. The van der Waals surface area contributed by atoms with Gasteiger partial charge in [0, 0.05) is 13.1 Å². The molecule has 0 saturated heterocycles. The summed E-state index contributed by atoms with van der Waals surface area (Å²) in [5.74, 6) is 0.756. The Morgan fingerprint density at radius 3 is 2.53 bits per heavy atom. The van der Waals surface area contributed by atoms with E-state index in [0.717, 1.165) is 25.3 Å². The Morgan fingerprint density at radius 2 is 2.00 bits per heavy atom. The molecule has 0 heterocycles. The first-order valence-corrected chi connectivity index (χ1v) is 8.30. The van der Waals surface area contributed by atoms with Gasteiger partial charge in [-0.05, 0) is 32.2 Å². The molecule has 1 atom stereocenters. The minimum Gasteiger partial charge on any atom is -0.315 e. The van der Waals surface area contributed by atoms with Crippen molar-refractivity contribution in [2.75, 3.05) is 19.6 Å². The maximum Gasteiger partial charge on any atom is 0.215 e. The van der Waals surface area contributed by atoms with E-state index in [-0.39, 0.29) is 5.25 Å². The van der Waals surface area contributed by atoms with E-state index in [4.69, 9.17) is 0 Å². The third-order valence-electron chi connectivity index (χ3n) is 3.47. The average Bonchev–Trinajstić information content (AvgIpc) is 2.22. The van der Waals surface area contributed by atoms with Crippen LogP contribution in [0, 0.1) is 5.92 Å². The summed E-state index contributed by atoms with van der Waals surface area (Å²) in [6.45, 7) is 5.84. The van der Waals surface area contributed by atoms with Gasteiger partial charge in [-0.25, -0.2) is 13.1 Å². The summed E-state index contributed by atoms with van der Waals surface area (Å²) in [4.78, 5) is 0. The third-order valence-corrected chi connectivity index (χ3v) is 5.30. The van der Waals surface area contributed by atoms with E-state index in [9.17, 15) is 8.42 Å². The molecule has 4 nitrogen and oxygen atoms in total. The first-order valence-electron chi connectivity index (χ1n) is 6.75. The molecule has 1 fully saturated rings. The van der Waals surface area contributed by atoms with Crippen molar-refractivity contribution in [1.29, 1.82) is 0 Å². The van der Waals surface area contributed by atoms with E-state index in [1.54, 1.807) is 6.92 Å². The van der Waals surface area contributed by atoms with Crippen LogP contribution in [0.15, 0.2) is 0 Å². The highest BCUT2D eigenvalue weighted by Gasteiger charge is 2.21. The Bertz CT molecular complexity index is 300. The number of nitrogens with one attached hydrogen (secondary N) is 2. The predicted octanol–water partition coefficient (Wildman–Crippen LogP) is 1.48. The Morgan fingerprint density at radius 1 is 1.29 bits per heavy atom. The fourth-order valence-electron chi connectivity index (χ4n) is 1.92. The fourth-order valence-corrected chi connectivity index (χ4v) is 2.95. The van der Waals surface area contributed by atoms with Gasteiger partial charge in [-0.2, -0.15) is 0 Å². The second-order valence-electron chi connectivity index (χ2n) is 5.04. The van der Waals surface area contributed by atoms with Crippen molar-refractivity contribution in [3.8, 4) is 0 Å². The van der Waals surface area contributed by atoms with Gasteiger partial charge in [-0.1, -0.05) is 26.2 Å². The molecule has 0 spiro atoms. The van der Waals surface area contributed by atoms with E-state index in [2.05, 4.69) is 17.0 Å². The van der Waals surface area contributed by atoms with Crippen molar-refractivity contribution in [1.82, 2.24) is 10.0 Å². The van der Waals surface area contributed by atoms with Gasteiger partial charge in [0.05, 0.1) is 5.25 Å². The molecule has 0 aromatic rings. The number of hydrogen-bond donors (Lipinski definition) is 2. The predicted molar refractivity (Wildman–Crippen MR) is 71.5 cm³/mol. The molecule has 0 radical (unpaired) electrons. The summed E-state index contributed by atoms with van der Waals surface area (Å²) in [5, 5.41) is 2.79. The van der Waals surface area contributed by atoms with Gasteiger partial charge in [0.1, 0.15) is 0 Å². The maximum atomic E-state index is 11.9. The van der Waals surface area contributed by atoms with E-state index in [1.165, 1.54) is 19.3 Å². The van der Waals surface area contributed by atoms with Crippen molar-refractivity contribution in [3.05, 3.63) is 0 Å². The third kappa shape index (κ3) is 5.36. The molecule has 5 heteroatoms. The SMILES string of the molecule is CCCNCC(C)S(=O)(=O)NCCC1CCC1. The standard InChI is InChI=1S/C12H26N2O2S/c1-3-8-13-10-11(2)17(15,16)14-9-7-12-5-4-6-12/h11-14H,3-10H2,1-2H3. The lowest BCUT2D eigenvalue weighted by Gasteiger charge is -2.25. The van der Waals surface area contributed by atoms with E-state index >= 15 is 0 Å². The Balaban J connectivity index is 2.18. The minimum atomic E-state index is -3.13. The van der Waals surface area contributed by atoms with Crippen molar-refractivity contribution >= 4 is 10.0 Å². The maximum absolute atomic E-state index is 11.9. The van der Waals surface area contributed by atoms with Gasteiger partial charge in [0.25, 0.3) is 0 Å². The van der Waals surface area contributed by atoms with Crippen LogP contribution in [0.3, 0.4) is 0 Å². The number of hydrogen-bond acceptors (Lipinski definition) is 3. The quantitative estimate of drug-likeness (QED) is 0.619. The molecule has 1 aliphatic carbocycles. The van der Waals surface area contributed by atoms with Crippen molar-refractivity contribution in [3.63, 3.8) is 0 Å². The van der Waals surface area contributed by atoms with Gasteiger partial charge >= 0.3 is 0 Å². The summed E-state index contributed by atoms with van der Waals surface area (Å²) in [7, 11) is -3.13. The Kier molecular flexibility index (Phi) is 6.44. The zero-order valence-corrected chi connectivity index (χ0v) is 11.9. The molecule has 0 amide bonds. The molecule has 1 saturated carbocycles. The van der Waals surface area contributed by atoms with Gasteiger partial charge in [-0.15, -0.1) is 0 Å². The molecule has 2 N–H and O–H groups in total. The molecule has 0 aliphatic heterocycles. The zero-order chi connectivity index (χ0) is 12.7. The topological polar surface area (TPSA) is 58.2 Å². The Hall–Kier alpha value is -0.130. The van der Waals surface area contributed by atoms with Crippen LogP contribution in [-0.2, 0) is 10.0 Å². The van der Waals surface area contributed by atoms with Crippen LogP contribution in [0.5, 0.6) is 0 Å². The first-order chi connectivity index (χ1) is 8.06. The first kappa shape index (κ1) is 14.9. The van der Waals surface area contributed by atoms with E-state index in [1.807, 2.05) is 0 Å². The molecular weight excluding hydrogens is 236 g/mol. The largest absolute Gasteiger partial charge is 0.315 e. The molecule has 102 valence electrons. The fraction of sp³-hybridized carbons (Fsp3) is 1.00. The summed E-state index contributed by atoms with van der Waals surface area (Å²) in [6.07, 6.45) is 5.88. The van der Waals surface area contributed by atoms with Gasteiger partial charge in [0.15, 0.2) is 0 Å². The second kappa shape index (κ2) is 7.34. The van der Waals surface area contributed by atoms with Crippen molar-refractivity contribution in [2.45, 2.75) is 51.2 Å². The van der Waals surface area contributed by atoms with Crippen LogP contribution in [0.1, 0.15) is 46.0 Å². The van der Waals surface area contributed by atoms with Gasteiger partial charge < -0.3 is 5.32 Å². The van der Waals surface area contributed by atoms with Crippen LogP contribution in [0.2, 0.25) is 0 Å². The van der Waals surface area contributed by atoms with Crippen LogP contribution in [-0.4, -0.2) is 33.3 Å². The molecule has 0 aromatic heterocycles. The van der Waals surface area contributed by atoms with Crippen molar-refractivity contribution in [2.24, 2.45) is 5.92 Å².